The van der Waals surface area contributed by atoms with Crippen LogP contribution in [-0.4, -0.2) is 6.21 Å². The van der Waals surface area contributed by atoms with Gasteiger partial charge in [0.25, 0.3) is 0 Å². The highest BCUT2D eigenvalue weighted by Crippen LogP contribution is 2.14. The molecule has 0 amide bonds. The van der Waals surface area contributed by atoms with Gasteiger partial charge in [-0.25, -0.2) is 0 Å². The van der Waals surface area contributed by atoms with Crippen LogP contribution in [0.15, 0.2) is 53.6 Å². The molecular weight excluding hydrogens is 232 g/mol. The van der Waals surface area contributed by atoms with Crippen LogP contribution in [0.3, 0.4) is 0 Å². The molecule has 0 fully saturated rings. The van der Waals surface area contributed by atoms with Crippen molar-refractivity contribution in [3.05, 3.63) is 64.7 Å². The number of halogens is 1. The lowest BCUT2D eigenvalue weighted by atomic mass is 10.2. The number of hydrogen-bond donors (Lipinski definition) is 1. The third-order valence-electron chi connectivity index (χ3n) is 2.31. The summed E-state index contributed by atoms with van der Waals surface area (Å²) in [6.45, 7) is 2.06. The summed E-state index contributed by atoms with van der Waals surface area (Å²) in [6.07, 6.45) is 1.78. The van der Waals surface area contributed by atoms with Gasteiger partial charge < -0.3 is 0 Å². The van der Waals surface area contributed by atoms with Gasteiger partial charge in [-0.1, -0.05) is 47.5 Å². The minimum atomic E-state index is 0.695. The number of nitrogens with one attached hydrogen (secondary N) is 1. The van der Waals surface area contributed by atoms with Gasteiger partial charge in [0.1, 0.15) is 0 Å². The highest BCUT2D eigenvalue weighted by Gasteiger charge is 1.91. The molecule has 0 heterocycles. The smallest absolute Gasteiger partial charge is 0.0576 e. The molecule has 2 aromatic rings. The van der Waals surface area contributed by atoms with Crippen molar-refractivity contribution >= 4 is 23.5 Å². The maximum absolute atomic E-state index is 5.87. The first-order valence-corrected chi connectivity index (χ1v) is 5.73. The summed E-state index contributed by atoms with van der Waals surface area (Å²) in [5, 5.41) is 4.84. The molecule has 17 heavy (non-hydrogen) atoms. The first-order chi connectivity index (χ1) is 8.24. The van der Waals surface area contributed by atoms with E-state index >= 15 is 0 Å². The Labute approximate surface area is 106 Å². The molecular formula is C14H13ClN2. The zero-order chi connectivity index (χ0) is 12.1. The van der Waals surface area contributed by atoms with E-state index in [1.165, 1.54) is 5.56 Å². The highest BCUT2D eigenvalue weighted by atomic mass is 35.5. The molecule has 0 spiro atoms. The highest BCUT2D eigenvalue weighted by molar-refractivity contribution is 6.30. The normalized spacial score (nSPS) is 10.7. The summed E-state index contributed by atoms with van der Waals surface area (Å²) < 4.78 is 0. The van der Waals surface area contributed by atoms with Crippen LogP contribution in [0, 0.1) is 6.92 Å². The van der Waals surface area contributed by atoms with Crippen LogP contribution < -0.4 is 5.43 Å². The third kappa shape index (κ3) is 3.61. The van der Waals surface area contributed by atoms with Crippen LogP contribution in [0.25, 0.3) is 0 Å². The molecule has 0 saturated heterocycles. The Hall–Kier alpha value is -1.80. The van der Waals surface area contributed by atoms with Crippen LogP contribution >= 0.6 is 11.6 Å². The Kier molecular flexibility index (Phi) is 3.78. The number of hydrazone groups is 1. The second-order valence-corrected chi connectivity index (χ2v) is 4.23. The fraction of sp³-hybridized carbons (Fsp3) is 0.0714. The van der Waals surface area contributed by atoms with Gasteiger partial charge in [0.2, 0.25) is 0 Å². The van der Waals surface area contributed by atoms with Crippen molar-refractivity contribution in [1.29, 1.82) is 0 Å². The molecule has 0 radical (unpaired) electrons. The molecule has 0 bridgehead atoms. The number of aryl methyl sites for hydroxylation is 1. The molecule has 0 atom stereocenters. The van der Waals surface area contributed by atoms with Crippen LogP contribution in [-0.2, 0) is 0 Å². The number of benzene rings is 2. The standard InChI is InChI=1S/C14H13ClN2/c1-11-5-7-12(8-6-11)10-16-17-14-4-2-3-13(15)9-14/h2-10,17H,1H3/b16-10-. The van der Waals surface area contributed by atoms with E-state index < -0.39 is 0 Å². The summed E-state index contributed by atoms with van der Waals surface area (Å²) >= 11 is 5.87. The Morgan fingerprint density at radius 3 is 2.59 bits per heavy atom. The van der Waals surface area contributed by atoms with Gasteiger partial charge in [0, 0.05) is 5.02 Å². The SMILES string of the molecule is Cc1ccc(/C=N\Nc2cccc(Cl)c2)cc1. The van der Waals surface area contributed by atoms with Crippen molar-refractivity contribution in [2.75, 3.05) is 5.43 Å². The average molecular weight is 245 g/mol. The van der Waals surface area contributed by atoms with Gasteiger partial charge in [-0.15, -0.1) is 0 Å². The number of rotatable bonds is 3. The molecule has 0 aromatic heterocycles. The van der Waals surface area contributed by atoms with Gasteiger partial charge in [-0.3, -0.25) is 5.43 Å². The fourth-order valence-electron chi connectivity index (χ4n) is 1.39. The Bertz CT molecular complexity index is 518. The van der Waals surface area contributed by atoms with E-state index in [4.69, 9.17) is 11.6 Å². The zero-order valence-electron chi connectivity index (χ0n) is 9.52. The summed E-state index contributed by atoms with van der Waals surface area (Å²) in [5.41, 5.74) is 6.11. The van der Waals surface area contributed by atoms with E-state index in [0.717, 1.165) is 11.3 Å². The van der Waals surface area contributed by atoms with Crippen molar-refractivity contribution in [2.45, 2.75) is 6.92 Å². The van der Waals surface area contributed by atoms with Crippen molar-refractivity contribution in [1.82, 2.24) is 0 Å². The lowest BCUT2D eigenvalue weighted by Gasteiger charge is -2.00. The summed E-state index contributed by atoms with van der Waals surface area (Å²) in [5.74, 6) is 0. The predicted molar refractivity (Wildman–Crippen MR) is 73.8 cm³/mol. The van der Waals surface area contributed by atoms with E-state index in [-0.39, 0.29) is 0 Å². The largest absolute Gasteiger partial charge is 0.278 e. The lowest BCUT2D eigenvalue weighted by molar-refractivity contribution is 1.35. The van der Waals surface area contributed by atoms with Gasteiger partial charge in [0.05, 0.1) is 11.9 Å². The predicted octanol–water partition coefficient (Wildman–Crippen LogP) is 4.09. The molecule has 2 rings (SSSR count). The second-order valence-electron chi connectivity index (χ2n) is 3.79. The fourth-order valence-corrected chi connectivity index (χ4v) is 1.58. The molecule has 0 aliphatic rings. The molecule has 2 nitrogen and oxygen atoms in total. The average Bonchev–Trinajstić information content (AvgIpc) is 2.32. The second kappa shape index (κ2) is 5.51. The molecule has 2 aromatic carbocycles. The van der Waals surface area contributed by atoms with Crippen LogP contribution in [0.5, 0.6) is 0 Å². The van der Waals surface area contributed by atoms with Gasteiger partial charge in [-0.2, -0.15) is 5.10 Å². The van der Waals surface area contributed by atoms with Crippen LogP contribution in [0.2, 0.25) is 5.02 Å². The number of anilines is 1. The molecule has 86 valence electrons. The van der Waals surface area contributed by atoms with Crippen LogP contribution in [0.1, 0.15) is 11.1 Å². The monoisotopic (exact) mass is 244 g/mol. The molecule has 0 aliphatic heterocycles. The molecule has 0 saturated carbocycles. The maximum Gasteiger partial charge on any atom is 0.0576 e. The summed E-state index contributed by atoms with van der Waals surface area (Å²) in [6, 6.07) is 15.6. The van der Waals surface area contributed by atoms with Gasteiger partial charge in [-0.05, 0) is 30.7 Å². The van der Waals surface area contributed by atoms with Crippen LogP contribution in [0.4, 0.5) is 5.69 Å². The zero-order valence-corrected chi connectivity index (χ0v) is 10.3. The van der Waals surface area contributed by atoms with Gasteiger partial charge >= 0.3 is 0 Å². The number of nitrogens with zero attached hydrogens (tertiary/aromatic N) is 1. The molecule has 0 unspecified atom stereocenters. The summed E-state index contributed by atoms with van der Waals surface area (Å²) in [4.78, 5) is 0. The first kappa shape index (κ1) is 11.7. The van der Waals surface area contributed by atoms with Crippen molar-refractivity contribution < 1.29 is 0 Å². The summed E-state index contributed by atoms with van der Waals surface area (Å²) in [7, 11) is 0. The molecule has 0 aliphatic carbocycles. The van der Waals surface area contributed by atoms with Gasteiger partial charge in [0.15, 0.2) is 0 Å². The van der Waals surface area contributed by atoms with Crippen molar-refractivity contribution in [3.63, 3.8) is 0 Å². The van der Waals surface area contributed by atoms with E-state index in [2.05, 4.69) is 29.6 Å². The van der Waals surface area contributed by atoms with E-state index in [1.54, 1.807) is 6.21 Å². The minimum absolute atomic E-state index is 0.695. The Morgan fingerprint density at radius 2 is 1.88 bits per heavy atom. The Balaban J connectivity index is 2.00. The van der Waals surface area contributed by atoms with E-state index in [0.29, 0.717) is 5.02 Å². The van der Waals surface area contributed by atoms with E-state index in [9.17, 15) is 0 Å². The molecule has 1 N–H and O–H groups in total. The van der Waals surface area contributed by atoms with Crippen molar-refractivity contribution in [2.24, 2.45) is 5.10 Å². The lowest BCUT2D eigenvalue weighted by Crippen LogP contribution is -1.90. The first-order valence-electron chi connectivity index (χ1n) is 5.35. The quantitative estimate of drug-likeness (QED) is 0.638. The molecule has 3 heteroatoms. The maximum atomic E-state index is 5.87. The topological polar surface area (TPSA) is 24.4 Å². The minimum Gasteiger partial charge on any atom is -0.278 e. The van der Waals surface area contributed by atoms with Crippen molar-refractivity contribution in [3.8, 4) is 0 Å². The number of hydrogen-bond acceptors (Lipinski definition) is 2. The van der Waals surface area contributed by atoms with E-state index in [1.807, 2.05) is 36.4 Å². The Morgan fingerprint density at radius 1 is 1.12 bits per heavy atom. The third-order valence-corrected chi connectivity index (χ3v) is 2.54.